The number of carbonyl (C=O) groups excluding carboxylic acids is 1. The van der Waals surface area contributed by atoms with E-state index in [1.807, 2.05) is 0 Å². The molecule has 9 heteroatoms. The van der Waals surface area contributed by atoms with Crippen molar-refractivity contribution in [3.63, 3.8) is 0 Å². The maximum absolute atomic E-state index is 12.4. The molecule has 0 radical (unpaired) electrons. The minimum atomic E-state index is -4.78. The fraction of sp³-hybridized carbons (Fsp3) is 0.118. The van der Waals surface area contributed by atoms with Gasteiger partial charge in [-0.15, -0.1) is 13.2 Å². The van der Waals surface area contributed by atoms with Crippen molar-refractivity contribution in [3.8, 4) is 11.6 Å². The number of hydrogen-bond acceptors (Lipinski definition) is 5. The number of nitrogens with zero attached hydrogens (tertiary/aromatic N) is 2. The van der Waals surface area contributed by atoms with Gasteiger partial charge in [0, 0.05) is 5.69 Å². The van der Waals surface area contributed by atoms with Gasteiger partial charge in [-0.1, -0.05) is 12.1 Å². The minimum Gasteiger partial charge on any atom is -0.479 e. The molecule has 0 aliphatic heterocycles. The molecule has 0 fully saturated rings. The standard InChI is InChI=1S/C17H12F3N3O3/c1-25-16-14(22-12-4-2-3-5-13(12)23-16)15(24)21-10-6-8-11(9-7-10)26-17(18,19)20/h2-9H,1H3,(H,21,24). The normalized spacial score (nSPS) is 11.2. The number of alkyl halides is 3. The number of ether oxygens (including phenoxy) is 2. The van der Waals surface area contributed by atoms with Gasteiger partial charge in [0.25, 0.3) is 5.91 Å². The van der Waals surface area contributed by atoms with E-state index in [-0.39, 0.29) is 17.3 Å². The second kappa shape index (κ2) is 6.87. The summed E-state index contributed by atoms with van der Waals surface area (Å²) in [5.74, 6) is -0.957. The number of nitrogens with one attached hydrogen (secondary N) is 1. The fourth-order valence-corrected chi connectivity index (χ4v) is 2.20. The van der Waals surface area contributed by atoms with E-state index in [1.165, 1.54) is 19.2 Å². The van der Waals surface area contributed by atoms with Crippen LogP contribution in [0.1, 0.15) is 10.5 Å². The highest BCUT2D eigenvalue weighted by molar-refractivity contribution is 6.05. The minimum absolute atomic E-state index is 0.0400. The maximum atomic E-state index is 12.4. The second-order valence-corrected chi connectivity index (χ2v) is 5.10. The first-order valence-electron chi connectivity index (χ1n) is 7.33. The summed E-state index contributed by atoms with van der Waals surface area (Å²) in [6, 6.07) is 11.7. The van der Waals surface area contributed by atoms with Crippen LogP contribution in [-0.4, -0.2) is 29.3 Å². The zero-order chi connectivity index (χ0) is 18.7. The molecule has 0 saturated carbocycles. The maximum Gasteiger partial charge on any atom is 0.573 e. The molecule has 0 atom stereocenters. The van der Waals surface area contributed by atoms with Gasteiger partial charge in [-0.25, -0.2) is 9.97 Å². The van der Waals surface area contributed by atoms with E-state index in [4.69, 9.17) is 4.74 Å². The Bertz CT molecular complexity index is 943. The summed E-state index contributed by atoms with van der Waals surface area (Å²) in [4.78, 5) is 20.9. The summed E-state index contributed by atoms with van der Waals surface area (Å²) in [6.07, 6.45) is -4.78. The lowest BCUT2D eigenvalue weighted by Gasteiger charge is -2.11. The van der Waals surface area contributed by atoms with Crippen molar-refractivity contribution in [1.82, 2.24) is 9.97 Å². The fourth-order valence-electron chi connectivity index (χ4n) is 2.20. The summed E-state index contributed by atoms with van der Waals surface area (Å²) in [7, 11) is 1.36. The number of hydrogen-bond donors (Lipinski definition) is 1. The molecule has 0 spiro atoms. The highest BCUT2D eigenvalue weighted by atomic mass is 19.4. The highest BCUT2D eigenvalue weighted by Crippen LogP contribution is 2.25. The lowest BCUT2D eigenvalue weighted by atomic mass is 10.2. The average Bonchev–Trinajstić information content (AvgIpc) is 2.61. The Morgan fingerprint density at radius 2 is 1.62 bits per heavy atom. The van der Waals surface area contributed by atoms with Gasteiger partial charge in [-0.3, -0.25) is 4.79 Å². The van der Waals surface area contributed by atoms with Crippen LogP contribution in [0.4, 0.5) is 18.9 Å². The molecule has 1 amide bonds. The van der Waals surface area contributed by atoms with Crippen LogP contribution in [0.15, 0.2) is 48.5 Å². The van der Waals surface area contributed by atoms with Crippen molar-refractivity contribution in [2.45, 2.75) is 6.36 Å². The first kappa shape index (κ1) is 17.5. The first-order chi connectivity index (χ1) is 12.4. The van der Waals surface area contributed by atoms with Crippen molar-refractivity contribution in [3.05, 3.63) is 54.2 Å². The molecule has 0 saturated heterocycles. The van der Waals surface area contributed by atoms with E-state index in [9.17, 15) is 18.0 Å². The summed E-state index contributed by atoms with van der Waals surface area (Å²) in [5, 5.41) is 2.53. The number of aromatic nitrogens is 2. The predicted molar refractivity (Wildman–Crippen MR) is 87.2 cm³/mol. The van der Waals surface area contributed by atoms with Crippen molar-refractivity contribution in [1.29, 1.82) is 0 Å². The quantitative estimate of drug-likeness (QED) is 0.764. The predicted octanol–water partition coefficient (Wildman–Crippen LogP) is 3.79. The number of anilines is 1. The smallest absolute Gasteiger partial charge is 0.479 e. The Morgan fingerprint density at radius 3 is 2.19 bits per heavy atom. The van der Waals surface area contributed by atoms with Gasteiger partial charge in [-0.2, -0.15) is 0 Å². The molecule has 0 unspecified atom stereocenters. The number of para-hydroxylation sites is 2. The molecule has 1 N–H and O–H groups in total. The molecule has 0 aliphatic rings. The van der Waals surface area contributed by atoms with Crippen LogP contribution < -0.4 is 14.8 Å². The van der Waals surface area contributed by atoms with E-state index in [1.54, 1.807) is 24.3 Å². The number of halogens is 3. The summed E-state index contributed by atoms with van der Waals surface area (Å²) < 4.78 is 45.4. The number of benzene rings is 2. The van der Waals surface area contributed by atoms with Crippen LogP contribution in [-0.2, 0) is 0 Å². The molecule has 6 nitrogen and oxygen atoms in total. The number of carbonyl (C=O) groups is 1. The highest BCUT2D eigenvalue weighted by Gasteiger charge is 2.31. The van der Waals surface area contributed by atoms with Gasteiger partial charge >= 0.3 is 6.36 Å². The third-order valence-electron chi connectivity index (χ3n) is 3.29. The number of methoxy groups -OCH3 is 1. The van der Waals surface area contributed by atoms with E-state index in [0.717, 1.165) is 12.1 Å². The van der Waals surface area contributed by atoms with Crippen molar-refractivity contribution >= 4 is 22.6 Å². The van der Waals surface area contributed by atoms with E-state index in [0.29, 0.717) is 11.0 Å². The van der Waals surface area contributed by atoms with E-state index >= 15 is 0 Å². The molecular weight excluding hydrogens is 351 g/mol. The van der Waals surface area contributed by atoms with Crippen LogP contribution in [0.3, 0.4) is 0 Å². The molecule has 3 aromatic rings. The van der Waals surface area contributed by atoms with Gasteiger partial charge in [0.05, 0.1) is 18.1 Å². The van der Waals surface area contributed by atoms with Gasteiger partial charge in [0.15, 0.2) is 5.69 Å². The number of rotatable bonds is 4. The van der Waals surface area contributed by atoms with Crippen LogP contribution in [0.2, 0.25) is 0 Å². The average molecular weight is 363 g/mol. The van der Waals surface area contributed by atoms with Crippen molar-refractivity contribution in [2.24, 2.45) is 0 Å². The molecule has 26 heavy (non-hydrogen) atoms. The molecule has 1 aromatic heterocycles. The number of amides is 1. The third kappa shape index (κ3) is 4.00. The van der Waals surface area contributed by atoms with Crippen molar-refractivity contribution in [2.75, 3.05) is 12.4 Å². The van der Waals surface area contributed by atoms with E-state index in [2.05, 4.69) is 20.0 Å². The largest absolute Gasteiger partial charge is 0.573 e. The zero-order valence-electron chi connectivity index (χ0n) is 13.4. The molecule has 0 bridgehead atoms. The molecule has 2 aromatic carbocycles. The van der Waals surface area contributed by atoms with Gasteiger partial charge in [-0.05, 0) is 36.4 Å². The molecular formula is C17H12F3N3O3. The SMILES string of the molecule is COc1nc2ccccc2nc1C(=O)Nc1ccc(OC(F)(F)F)cc1. The Kier molecular flexibility index (Phi) is 4.61. The summed E-state index contributed by atoms with van der Waals surface area (Å²) in [6.45, 7) is 0. The third-order valence-corrected chi connectivity index (χ3v) is 3.29. The molecule has 1 heterocycles. The Morgan fingerprint density at radius 1 is 1.00 bits per heavy atom. The number of fused-ring (bicyclic) bond motifs is 1. The lowest BCUT2D eigenvalue weighted by Crippen LogP contribution is -2.17. The molecule has 134 valence electrons. The molecule has 3 rings (SSSR count). The van der Waals surface area contributed by atoms with E-state index < -0.39 is 18.0 Å². The molecule has 0 aliphatic carbocycles. The van der Waals surface area contributed by atoms with Crippen LogP contribution in [0.25, 0.3) is 11.0 Å². The zero-order valence-corrected chi connectivity index (χ0v) is 13.4. The summed E-state index contributed by atoms with van der Waals surface area (Å²) >= 11 is 0. The van der Waals surface area contributed by atoms with Gasteiger partial charge < -0.3 is 14.8 Å². The van der Waals surface area contributed by atoms with Crippen LogP contribution in [0.5, 0.6) is 11.6 Å². The second-order valence-electron chi connectivity index (χ2n) is 5.10. The Balaban J connectivity index is 1.82. The summed E-state index contributed by atoms with van der Waals surface area (Å²) in [5.41, 5.74) is 1.30. The van der Waals surface area contributed by atoms with Crippen LogP contribution >= 0.6 is 0 Å². The Labute approximate surface area is 145 Å². The van der Waals surface area contributed by atoms with Gasteiger partial charge in [0.1, 0.15) is 5.75 Å². The lowest BCUT2D eigenvalue weighted by molar-refractivity contribution is -0.274. The van der Waals surface area contributed by atoms with Gasteiger partial charge in [0.2, 0.25) is 5.88 Å². The first-order valence-corrected chi connectivity index (χ1v) is 7.33. The topological polar surface area (TPSA) is 73.3 Å². The van der Waals surface area contributed by atoms with Crippen LogP contribution in [0, 0.1) is 0 Å². The monoisotopic (exact) mass is 363 g/mol. The van der Waals surface area contributed by atoms with Crippen molar-refractivity contribution < 1.29 is 27.4 Å². The Hall–Kier alpha value is -3.36.